The number of carbonyl (C=O) groups is 1. The van der Waals surface area contributed by atoms with E-state index in [0.717, 1.165) is 29.0 Å². The summed E-state index contributed by atoms with van der Waals surface area (Å²) in [6.07, 6.45) is 9.64. The summed E-state index contributed by atoms with van der Waals surface area (Å²) < 4.78 is 5.87. The minimum atomic E-state index is -0.973. The Morgan fingerprint density at radius 3 is 3.07 bits per heavy atom. The molecule has 0 saturated carbocycles. The van der Waals surface area contributed by atoms with Crippen LogP contribution in [0.2, 0.25) is 0 Å². The molecule has 1 aliphatic rings. The Kier molecular flexibility index (Phi) is 6.22. The predicted octanol–water partition coefficient (Wildman–Crippen LogP) is 4.38. The molecule has 1 aromatic heterocycles. The number of hydrogen-bond donors (Lipinski definition) is 2. The number of benzene rings is 1. The fourth-order valence-corrected chi connectivity index (χ4v) is 3.22. The quantitative estimate of drug-likeness (QED) is 0.553. The second kappa shape index (κ2) is 8.99. The van der Waals surface area contributed by atoms with Crippen molar-refractivity contribution < 1.29 is 14.6 Å². The van der Waals surface area contributed by atoms with Crippen LogP contribution in [0.3, 0.4) is 0 Å². The number of carboxylic acid groups (broad SMARTS) is 1. The molecule has 2 N–H and O–H groups in total. The Morgan fingerprint density at radius 2 is 2.32 bits per heavy atom. The van der Waals surface area contributed by atoms with Crippen molar-refractivity contribution in [2.24, 2.45) is 4.99 Å². The number of hydrogen-bond acceptors (Lipinski definition) is 5. The van der Waals surface area contributed by atoms with E-state index in [0.29, 0.717) is 18.8 Å². The molecule has 0 bridgehead atoms. The van der Waals surface area contributed by atoms with Crippen molar-refractivity contribution in [3.63, 3.8) is 0 Å². The minimum absolute atomic E-state index is 0.208. The molecule has 6 heteroatoms. The van der Waals surface area contributed by atoms with Crippen LogP contribution in [0.4, 0.5) is 5.69 Å². The lowest BCUT2D eigenvalue weighted by molar-refractivity contribution is 0.0697. The number of carboxylic acids is 1. The van der Waals surface area contributed by atoms with Gasteiger partial charge in [-0.3, -0.25) is 9.98 Å². The number of nitrogens with zero attached hydrogens (tertiary/aromatic N) is 2. The number of aliphatic imine (C=N–C) groups is 1. The third kappa shape index (κ3) is 4.28. The molecule has 0 radical (unpaired) electrons. The Labute approximate surface area is 164 Å². The number of aromatic carboxylic acids is 1. The highest BCUT2D eigenvalue weighted by Gasteiger charge is 2.22. The van der Waals surface area contributed by atoms with E-state index in [1.165, 1.54) is 12.3 Å². The van der Waals surface area contributed by atoms with Crippen molar-refractivity contribution in [3.05, 3.63) is 71.6 Å². The fraction of sp³-hybridized carbons (Fsp3) is 0.227. The van der Waals surface area contributed by atoms with Crippen molar-refractivity contribution >= 4 is 24.1 Å². The van der Waals surface area contributed by atoms with Crippen LogP contribution in [0.15, 0.2) is 59.9 Å². The summed E-state index contributed by atoms with van der Waals surface area (Å²) in [5, 5.41) is 12.5. The minimum Gasteiger partial charge on any atom is -0.493 e. The summed E-state index contributed by atoms with van der Waals surface area (Å²) in [6.45, 7) is 6.80. The van der Waals surface area contributed by atoms with Gasteiger partial charge in [0, 0.05) is 24.2 Å². The van der Waals surface area contributed by atoms with Crippen LogP contribution in [-0.4, -0.2) is 35.9 Å². The molecular formula is C22H23N3O3. The average Bonchev–Trinajstić information content (AvgIpc) is 2.72. The zero-order valence-corrected chi connectivity index (χ0v) is 15.8. The SMILES string of the molecule is C=N/C(=C\C=C/C)c1ccc2c(c1)OCC[C@@H]2CNc1cnccc1C(=O)O. The van der Waals surface area contributed by atoms with Crippen LogP contribution in [0.5, 0.6) is 5.75 Å². The van der Waals surface area contributed by atoms with Gasteiger partial charge in [0.05, 0.1) is 29.8 Å². The van der Waals surface area contributed by atoms with E-state index in [1.807, 2.05) is 43.4 Å². The smallest absolute Gasteiger partial charge is 0.337 e. The van der Waals surface area contributed by atoms with Gasteiger partial charge < -0.3 is 15.2 Å². The second-order valence-corrected chi connectivity index (χ2v) is 6.43. The first-order chi connectivity index (χ1) is 13.6. The van der Waals surface area contributed by atoms with E-state index >= 15 is 0 Å². The topological polar surface area (TPSA) is 83.8 Å². The van der Waals surface area contributed by atoms with Gasteiger partial charge in [-0.1, -0.05) is 24.3 Å². The van der Waals surface area contributed by atoms with Gasteiger partial charge in [-0.25, -0.2) is 4.79 Å². The van der Waals surface area contributed by atoms with Crippen molar-refractivity contribution in [2.45, 2.75) is 19.3 Å². The molecule has 2 heterocycles. The molecule has 6 nitrogen and oxygen atoms in total. The normalized spacial score (nSPS) is 16.3. The maximum Gasteiger partial charge on any atom is 0.337 e. The summed E-state index contributed by atoms with van der Waals surface area (Å²) in [4.78, 5) is 19.5. The monoisotopic (exact) mass is 377 g/mol. The van der Waals surface area contributed by atoms with E-state index in [9.17, 15) is 9.90 Å². The zero-order chi connectivity index (χ0) is 19.9. The predicted molar refractivity (Wildman–Crippen MR) is 111 cm³/mol. The van der Waals surface area contributed by atoms with Gasteiger partial charge in [0.1, 0.15) is 5.75 Å². The maximum absolute atomic E-state index is 11.4. The molecule has 3 rings (SSSR count). The maximum atomic E-state index is 11.4. The Morgan fingerprint density at radius 1 is 1.46 bits per heavy atom. The second-order valence-electron chi connectivity index (χ2n) is 6.43. The number of fused-ring (bicyclic) bond motifs is 1. The summed E-state index contributed by atoms with van der Waals surface area (Å²) >= 11 is 0. The van der Waals surface area contributed by atoms with E-state index in [1.54, 1.807) is 6.20 Å². The van der Waals surface area contributed by atoms with Crippen molar-refractivity contribution in [2.75, 3.05) is 18.5 Å². The highest BCUT2D eigenvalue weighted by molar-refractivity contribution is 5.93. The lowest BCUT2D eigenvalue weighted by Crippen LogP contribution is -2.21. The molecule has 1 atom stereocenters. The largest absolute Gasteiger partial charge is 0.493 e. The Bertz CT molecular complexity index is 934. The molecule has 0 fully saturated rings. The average molecular weight is 377 g/mol. The van der Waals surface area contributed by atoms with Crippen LogP contribution in [0.1, 0.15) is 40.7 Å². The van der Waals surface area contributed by atoms with Gasteiger partial charge >= 0.3 is 5.97 Å². The van der Waals surface area contributed by atoms with Crippen molar-refractivity contribution in [1.29, 1.82) is 0 Å². The number of anilines is 1. The first-order valence-electron chi connectivity index (χ1n) is 9.12. The molecule has 0 aliphatic carbocycles. The Balaban J connectivity index is 1.81. The highest BCUT2D eigenvalue weighted by Crippen LogP contribution is 2.36. The fourth-order valence-electron chi connectivity index (χ4n) is 3.22. The molecule has 1 aliphatic heterocycles. The van der Waals surface area contributed by atoms with E-state index < -0.39 is 5.97 Å². The van der Waals surface area contributed by atoms with E-state index in [-0.39, 0.29) is 11.5 Å². The third-order valence-corrected chi connectivity index (χ3v) is 4.68. The summed E-state index contributed by atoms with van der Waals surface area (Å²) in [7, 11) is 0. The van der Waals surface area contributed by atoms with Crippen LogP contribution < -0.4 is 10.1 Å². The first-order valence-corrected chi connectivity index (χ1v) is 9.12. The molecule has 2 aromatic rings. The van der Waals surface area contributed by atoms with E-state index in [4.69, 9.17) is 4.74 Å². The molecule has 0 amide bonds. The number of rotatable bonds is 7. The van der Waals surface area contributed by atoms with Gasteiger partial charge in [0.2, 0.25) is 0 Å². The molecular weight excluding hydrogens is 354 g/mol. The summed E-state index contributed by atoms with van der Waals surface area (Å²) in [6, 6.07) is 7.54. The van der Waals surface area contributed by atoms with Gasteiger partial charge in [-0.2, -0.15) is 0 Å². The van der Waals surface area contributed by atoms with Gasteiger partial charge in [-0.05, 0) is 43.8 Å². The molecule has 28 heavy (non-hydrogen) atoms. The lowest BCUT2D eigenvalue weighted by atomic mass is 9.91. The number of allylic oxidation sites excluding steroid dienone is 3. The number of nitrogens with one attached hydrogen (secondary N) is 1. The lowest BCUT2D eigenvalue weighted by Gasteiger charge is -2.27. The number of pyridine rings is 1. The van der Waals surface area contributed by atoms with Crippen LogP contribution in [0.25, 0.3) is 5.70 Å². The summed E-state index contributed by atoms with van der Waals surface area (Å²) in [5.41, 5.74) is 3.56. The first kappa shape index (κ1) is 19.4. The number of ether oxygens (including phenoxy) is 1. The highest BCUT2D eigenvalue weighted by atomic mass is 16.5. The molecule has 0 unspecified atom stereocenters. The van der Waals surface area contributed by atoms with Gasteiger partial charge in [0.25, 0.3) is 0 Å². The molecule has 1 aromatic carbocycles. The van der Waals surface area contributed by atoms with Crippen LogP contribution >= 0.6 is 0 Å². The molecule has 0 spiro atoms. The van der Waals surface area contributed by atoms with Crippen molar-refractivity contribution in [3.8, 4) is 5.75 Å². The van der Waals surface area contributed by atoms with Gasteiger partial charge in [-0.15, -0.1) is 0 Å². The van der Waals surface area contributed by atoms with E-state index in [2.05, 4.69) is 22.0 Å². The standard InChI is InChI=1S/C22H23N3O3/c1-3-4-5-19(23-2)15-6-7-17-16(9-11-28-21(17)12-15)13-25-20-14-24-10-8-18(20)22(26)27/h3-8,10,12,14,16,25H,2,9,11,13H2,1H3,(H,26,27)/b4-3-,19-5-/t16-/m1/s1. The van der Waals surface area contributed by atoms with Crippen molar-refractivity contribution in [1.82, 2.24) is 4.98 Å². The number of aromatic nitrogens is 1. The van der Waals surface area contributed by atoms with Crippen LogP contribution in [-0.2, 0) is 0 Å². The molecule has 0 saturated heterocycles. The zero-order valence-electron chi connectivity index (χ0n) is 15.8. The Hall–Kier alpha value is -3.41. The summed E-state index contributed by atoms with van der Waals surface area (Å²) in [5.74, 6) is 0.0637. The molecule has 144 valence electrons. The van der Waals surface area contributed by atoms with Crippen LogP contribution in [0, 0.1) is 0 Å². The third-order valence-electron chi connectivity index (χ3n) is 4.68. The van der Waals surface area contributed by atoms with Gasteiger partial charge in [0.15, 0.2) is 0 Å².